The van der Waals surface area contributed by atoms with Crippen molar-refractivity contribution in [1.29, 1.82) is 0 Å². The molecule has 0 bridgehead atoms. The molecule has 0 radical (unpaired) electrons. The number of hydrogen-bond acceptors (Lipinski definition) is 2. The molecule has 72 valence electrons. The Morgan fingerprint density at radius 1 is 1.58 bits per heavy atom. The van der Waals surface area contributed by atoms with Crippen LogP contribution in [-0.2, 0) is 9.16 Å². The van der Waals surface area contributed by atoms with E-state index in [1.165, 1.54) is 6.42 Å². The van der Waals surface area contributed by atoms with Gasteiger partial charge in [0.1, 0.15) is 0 Å². The second kappa shape index (κ2) is 4.60. The third-order valence-corrected chi connectivity index (χ3v) is 5.53. The van der Waals surface area contributed by atoms with Gasteiger partial charge in [0.2, 0.25) is 8.32 Å². The maximum atomic E-state index is 5.77. The van der Waals surface area contributed by atoms with Gasteiger partial charge >= 0.3 is 0 Å². The fourth-order valence-corrected chi connectivity index (χ4v) is 2.08. The molecule has 12 heavy (non-hydrogen) atoms. The van der Waals surface area contributed by atoms with Gasteiger partial charge in [-0.05, 0) is 25.9 Å². The van der Waals surface area contributed by atoms with Crippen molar-refractivity contribution >= 4 is 19.9 Å². The number of rotatable bonds is 4. The van der Waals surface area contributed by atoms with Gasteiger partial charge in [0.25, 0.3) is 0 Å². The Kier molecular flexibility index (Phi) is 4.03. The molecule has 1 saturated heterocycles. The Hall–Kier alpha value is 0.427. The Balaban J connectivity index is 2.15. The van der Waals surface area contributed by atoms with Crippen LogP contribution in [0.4, 0.5) is 0 Å². The van der Waals surface area contributed by atoms with Crippen molar-refractivity contribution in [3.8, 4) is 0 Å². The lowest BCUT2D eigenvalue weighted by Crippen LogP contribution is -2.36. The van der Waals surface area contributed by atoms with Gasteiger partial charge in [-0.15, -0.1) is 11.6 Å². The minimum atomic E-state index is -1.56. The van der Waals surface area contributed by atoms with E-state index >= 15 is 0 Å². The van der Waals surface area contributed by atoms with E-state index in [9.17, 15) is 0 Å². The van der Waals surface area contributed by atoms with Crippen LogP contribution in [0.2, 0.25) is 13.1 Å². The average molecular weight is 209 g/mol. The predicted molar refractivity (Wildman–Crippen MR) is 53.1 cm³/mol. The van der Waals surface area contributed by atoms with E-state index in [0.717, 1.165) is 19.6 Å². The summed E-state index contributed by atoms with van der Waals surface area (Å²) in [6.07, 6.45) is 2.66. The van der Waals surface area contributed by atoms with Crippen molar-refractivity contribution in [2.45, 2.75) is 32.0 Å². The molecule has 0 saturated carbocycles. The number of hydrogen-bond donors (Lipinski definition) is 0. The molecule has 0 spiro atoms. The summed E-state index contributed by atoms with van der Waals surface area (Å²) in [4.78, 5) is 0. The SMILES string of the molecule is C[Si](C)(CCl)OCC1CCCO1. The summed E-state index contributed by atoms with van der Waals surface area (Å²) < 4.78 is 11.2. The zero-order chi connectivity index (χ0) is 9.03. The van der Waals surface area contributed by atoms with Gasteiger partial charge < -0.3 is 9.16 Å². The molecular formula is C8H17ClO2Si. The van der Waals surface area contributed by atoms with Crippen LogP contribution in [0.15, 0.2) is 0 Å². The topological polar surface area (TPSA) is 18.5 Å². The van der Waals surface area contributed by atoms with Crippen LogP contribution < -0.4 is 0 Å². The lowest BCUT2D eigenvalue weighted by Gasteiger charge is -2.21. The molecule has 0 aromatic carbocycles. The molecule has 1 fully saturated rings. The number of halogens is 1. The summed E-state index contributed by atoms with van der Waals surface area (Å²) in [5.41, 5.74) is 0.666. The first-order valence-electron chi connectivity index (χ1n) is 4.45. The van der Waals surface area contributed by atoms with E-state index in [1.807, 2.05) is 0 Å². The largest absolute Gasteiger partial charge is 0.414 e. The molecule has 1 aliphatic heterocycles. The Labute approximate surface area is 80.3 Å². The van der Waals surface area contributed by atoms with Crippen molar-refractivity contribution < 1.29 is 9.16 Å². The van der Waals surface area contributed by atoms with Gasteiger partial charge in [0.15, 0.2) is 0 Å². The van der Waals surface area contributed by atoms with Crippen molar-refractivity contribution in [2.75, 3.05) is 18.7 Å². The second-order valence-electron chi connectivity index (χ2n) is 3.84. The second-order valence-corrected chi connectivity index (χ2v) is 8.72. The number of ether oxygens (including phenoxy) is 1. The van der Waals surface area contributed by atoms with E-state index < -0.39 is 8.32 Å². The standard InChI is InChI=1S/C8H17ClO2Si/c1-12(2,7-9)11-6-8-4-3-5-10-8/h8H,3-7H2,1-2H3. The molecule has 0 aliphatic carbocycles. The molecular weight excluding hydrogens is 192 g/mol. The molecule has 0 N–H and O–H groups in total. The number of alkyl halides is 1. The molecule has 1 aliphatic rings. The molecule has 1 heterocycles. The fourth-order valence-electron chi connectivity index (χ4n) is 1.13. The third-order valence-electron chi connectivity index (χ3n) is 2.01. The first-order valence-corrected chi connectivity index (χ1v) is 8.10. The van der Waals surface area contributed by atoms with Crippen molar-refractivity contribution in [2.24, 2.45) is 0 Å². The maximum Gasteiger partial charge on any atom is 0.201 e. The van der Waals surface area contributed by atoms with Gasteiger partial charge in [-0.2, -0.15) is 0 Å². The van der Waals surface area contributed by atoms with Crippen molar-refractivity contribution in [3.63, 3.8) is 0 Å². The van der Waals surface area contributed by atoms with Gasteiger partial charge in [0.05, 0.1) is 12.7 Å². The van der Waals surface area contributed by atoms with E-state index in [-0.39, 0.29) is 0 Å². The molecule has 1 rings (SSSR count). The van der Waals surface area contributed by atoms with Gasteiger partial charge in [-0.3, -0.25) is 0 Å². The van der Waals surface area contributed by atoms with E-state index in [2.05, 4.69) is 13.1 Å². The van der Waals surface area contributed by atoms with Crippen molar-refractivity contribution in [1.82, 2.24) is 0 Å². The third kappa shape index (κ3) is 3.43. The Bertz CT molecular complexity index is 135. The highest BCUT2D eigenvalue weighted by Crippen LogP contribution is 2.15. The molecule has 1 unspecified atom stereocenters. The lowest BCUT2D eigenvalue weighted by molar-refractivity contribution is 0.0653. The zero-order valence-electron chi connectivity index (χ0n) is 7.81. The van der Waals surface area contributed by atoms with Crippen molar-refractivity contribution in [3.05, 3.63) is 0 Å². The van der Waals surface area contributed by atoms with Gasteiger partial charge in [0, 0.05) is 12.1 Å². The quantitative estimate of drug-likeness (QED) is 0.521. The normalized spacial score (nSPS) is 24.8. The summed E-state index contributed by atoms with van der Waals surface area (Å²) in [6.45, 7) is 5.91. The Morgan fingerprint density at radius 2 is 2.33 bits per heavy atom. The first kappa shape index (κ1) is 10.5. The molecule has 0 amide bonds. The van der Waals surface area contributed by atoms with E-state index in [4.69, 9.17) is 20.8 Å². The average Bonchev–Trinajstić information content (AvgIpc) is 2.53. The predicted octanol–water partition coefficient (Wildman–Crippen LogP) is 2.17. The first-order chi connectivity index (χ1) is 5.64. The molecule has 1 atom stereocenters. The van der Waals surface area contributed by atoms with Crippen LogP contribution in [0.1, 0.15) is 12.8 Å². The summed E-state index contributed by atoms with van der Waals surface area (Å²) in [5.74, 6) is 0. The lowest BCUT2D eigenvalue weighted by atomic mass is 10.2. The van der Waals surface area contributed by atoms with Crippen LogP contribution >= 0.6 is 11.6 Å². The van der Waals surface area contributed by atoms with Gasteiger partial charge in [-0.1, -0.05) is 0 Å². The van der Waals surface area contributed by atoms with Crippen LogP contribution in [0.25, 0.3) is 0 Å². The molecule has 4 heteroatoms. The minimum Gasteiger partial charge on any atom is -0.414 e. The summed E-state index contributed by atoms with van der Waals surface area (Å²) in [7, 11) is -1.56. The van der Waals surface area contributed by atoms with Crippen LogP contribution in [0.5, 0.6) is 0 Å². The zero-order valence-corrected chi connectivity index (χ0v) is 9.56. The molecule has 2 nitrogen and oxygen atoms in total. The molecule has 0 aromatic rings. The smallest absolute Gasteiger partial charge is 0.201 e. The van der Waals surface area contributed by atoms with E-state index in [0.29, 0.717) is 11.6 Å². The van der Waals surface area contributed by atoms with Gasteiger partial charge in [-0.25, -0.2) is 0 Å². The highest BCUT2D eigenvalue weighted by Gasteiger charge is 2.24. The minimum absolute atomic E-state index is 0.333. The monoisotopic (exact) mass is 208 g/mol. The maximum absolute atomic E-state index is 5.77. The summed E-state index contributed by atoms with van der Waals surface area (Å²) in [6, 6.07) is 0. The van der Waals surface area contributed by atoms with Crippen LogP contribution in [0.3, 0.4) is 0 Å². The summed E-state index contributed by atoms with van der Waals surface area (Å²) in [5, 5.41) is 0. The van der Waals surface area contributed by atoms with E-state index in [1.54, 1.807) is 0 Å². The Morgan fingerprint density at radius 3 is 2.83 bits per heavy atom. The fraction of sp³-hybridized carbons (Fsp3) is 1.00. The van der Waals surface area contributed by atoms with Crippen LogP contribution in [0, 0.1) is 0 Å². The van der Waals surface area contributed by atoms with Crippen LogP contribution in [-0.4, -0.2) is 33.1 Å². The highest BCUT2D eigenvalue weighted by molar-refractivity contribution is 6.77. The highest BCUT2D eigenvalue weighted by atomic mass is 35.5. The summed E-state index contributed by atoms with van der Waals surface area (Å²) >= 11 is 5.77. The molecule has 0 aromatic heterocycles.